The Balaban J connectivity index is 2.00. The second-order valence-corrected chi connectivity index (χ2v) is 5.40. The van der Waals surface area contributed by atoms with Crippen LogP contribution in [-0.2, 0) is 6.54 Å². The van der Waals surface area contributed by atoms with Gasteiger partial charge >= 0.3 is 0 Å². The van der Waals surface area contributed by atoms with Crippen LogP contribution in [0.15, 0.2) is 46.9 Å². The summed E-state index contributed by atoms with van der Waals surface area (Å²) in [5.74, 6) is -0.234. The van der Waals surface area contributed by atoms with Gasteiger partial charge in [-0.05, 0) is 57.9 Å². The van der Waals surface area contributed by atoms with Crippen molar-refractivity contribution >= 4 is 27.3 Å². The Hall–Kier alpha value is -1.55. The van der Waals surface area contributed by atoms with Gasteiger partial charge in [0.1, 0.15) is 5.82 Å². The Morgan fingerprint density at radius 2 is 1.79 bits per heavy atom. The number of benzene rings is 2. The maximum atomic E-state index is 13.4. The Bertz CT molecular complexity index is 553. The minimum absolute atomic E-state index is 0.234. The highest BCUT2D eigenvalue weighted by atomic mass is 79.9. The zero-order valence-corrected chi connectivity index (χ0v) is 12.5. The lowest BCUT2D eigenvalue weighted by Crippen LogP contribution is -2.08. The Morgan fingerprint density at radius 1 is 1.11 bits per heavy atom. The molecule has 100 valence electrons. The molecule has 0 spiro atoms. The zero-order valence-electron chi connectivity index (χ0n) is 11.0. The van der Waals surface area contributed by atoms with Gasteiger partial charge in [-0.1, -0.05) is 6.07 Å². The molecule has 0 saturated carbocycles. The predicted octanol–water partition coefficient (Wildman–Crippen LogP) is 4.27. The van der Waals surface area contributed by atoms with Crippen molar-refractivity contribution in [1.29, 1.82) is 0 Å². The van der Waals surface area contributed by atoms with E-state index in [1.807, 2.05) is 49.3 Å². The first-order valence-corrected chi connectivity index (χ1v) is 6.81. The lowest BCUT2D eigenvalue weighted by atomic mass is 10.2. The van der Waals surface area contributed by atoms with E-state index in [2.05, 4.69) is 21.2 Å². The van der Waals surface area contributed by atoms with Crippen LogP contribution in [0.4, 0.5) is 15.8 Å². The van der Waals surface area contributed by atoms with Gasteiger partial charge in [-0.25, -0.2) is 4.39 Å². The molecular formula is C15H16BrFN2. The van der Waals surface area contributed by atoms with Gasteiger partial charge in [0.05, 0.1) is 4.47 Å². The van der Waals surface area contributed by atoms with Gasteiger partial charge in [-0.2, -0.15) is 0 Å². The second kappa shape index (κ2) is 6.06. The molecule has 0 fully saturated rings. The van der Waals surface area contributed by atoms with Crippen molar-refractivity contribution in [2.45, 2.75) is 6.54 Å². The molecule has 4 heteroatoms. The van der Waals surface area contributed by atoms with Gasteiger partial charge in [0.2, 0.25) is 0 Å². The van der Waals surface area contributed by atoms with E-state index in [1.165, 1.54) is 6.07 Å². The van der Waals surface area contributed by atoms with Gasteiger partial charge in [0.25, 0.3) is 0 Å². The third kappa shape index (κ3) is 3.70. The fourth-order valence-electron chi connectivity index (χ4n) is 1.73. The fraction of sp³-hybridized carbons (Fsp3) is 0.200. The molecule has 0 aromatic heterocycles. The van der Waals surface area contributed by atoms with Gasteiger partial charge in [0, 0.05) is 32.0 Å². The van der Waals surface area contributed by atoms with Crippen molar-refractivity contribution in [3.05, 3.63) is 58.3 Å². The number of hydrogen-bond acceptors (Lipinski definition) is 2. The summed E-state index contributed by atoms with van der Waals surface area (Å²) in [5, 5.41) is 3.27. The summed E-state index contributed by atoms with van der Waals surface area (Å²) in [4.78, 5) is 2.05. The highest BCUT2D eigenvalue weighted by Crippen LogP contribution is 2.19. The molecule has 0 saturated heterocycles. The number of halogens is 2. The number of nitrogens with zero attached hydrogens (tertiary/aromatic N) is 1. The van der Waals surface area contributed by atoms with Crippen molar-refractivity contribution in [3.63, 3.8) is 0 Å². The molecule has 19 heavy (non-hydrogen) atoms. The molecule has 2 aromatic carbocycles. The van der Waals surface area contributed by atoms with Crippen molar-refractivity contribution < 1.29 is 4.39 Å². The maximum absolute atomic E-state index is 13.4. The third-order valence-electron chi connectivity index (χ3n) is 2.86. The van der Waals surface area contributed by atoms with Crippen LogP contribution in [0.3, 0.4) is 0 Å². The molecule has 0 atom stereocenters. The standard InChI is InChI=1S/C15H16BrFN2/c1-19(2)13-6-4-12(5-7-13)18-10-11-3-8-14(16)15(17)9-11/h3-9,18H,10H2,1-2H3. The van der Waals surface area contributed by atoms with Crippen LogP contribution in [0, 0.1) is 5.82 Å². The van der Waals surface area contributed by atoms with Crippen molar-refractivity contribution in [2.75, 3.05) is 24.3 Å². The van der Waals surface area contributed by atoms with Crippen molar-refractivity contribution in [2.24, 2.45) is 0 Å². The molecule has 0 aliphatic heterocycles. The number of hydrogen-bond donors (Lipinski definition) is 1. The lowest BCUT2D eigenvalue weighted by molar-refractivity contribution is 0.619. The van der Waals surface area contributed by atoms with E-state index in [9.17, 15) is 4.39 Å². The van der Waals surface area contributed by atoms with Crippen LogP contribution in [-0.4, -0.2) is 14.1 Å². The molecule has 2 rings (SSSR count). The number of anilines is 2. The molecule has 2 aromatic rings. The van der Waals surface area contributed by atoms with Crippen LogP contribution in [0.5, 0.6) is 0 Å². The summed E-state index contributed by atoms with van der Waals surface area (Å²) < 4.78 is 13.9. The molecule has 0 amide bonds. The molecule has 0 aliphatic rings. The van der Waals surface area contributed by atoms with Crippen LogP contribution in [0.25, 0.3) is 0 Å². The van der Waals surface area contributed by atoms with E-state index in [-0.39, 0.29) is 5.82 Å². The van der Waals surface area contributed by atoms with E-state index in [0.29, 0.717) is 11.0 Å². The van der Waals surface area contributed by atoms with Crippen LogP contribution >= 0.6 is 15.9 Å². The fourth-order valence-corrected chi connectivity index (χ4v) is 1.98. The van der Waals surface area contributed by atoms with E-state index < -0.39 is 0 Å². The maximum Gasteiger partial charge on any atom is 0.137 e. The summed E-state index contributed by atoms with van der Waals surface area (Å²) >= 11 is 3.15. The topological polar surface area (TPSA) is 15.3 Å². The molecule has 2 nitrogen and oxygen atoms in total. The summed E-state index contributed by atoms with van der Waals surface area (Å²) in [6, 6.07) is 13.3. The van der Waals surface area contributed by atoms with E-state index in [1.54, 1.807) is 6.07 Å². The molecule has 1 N–H and O–H groups in total. The third-order valence-corrected chi connectivity index (χ3v) is 3.51. The van der Waals surface area contributed by atoms with Gasteiger partial charge in [0.15, 0.2) is 0 Å². The van der Waals surface area contributed by atoms with Gasteiger partial charge < -0.3 is 10.2 Å². The highest BCUT2D eigenvalue weighted by molar-refractivity contribution is 9.10. The Labute approximate surface area is 121 Å². The zero-order chi connectivity index (χ0) is 13.8. The van der Waals surface area contributed by atoms with Crippen LogP contribution in [0.1, 0.15) is 5.56 Å². The average Bonchev–Trinajstić information content (AvgIpc) is 2.40. The molecule has 0 aliphatic carbocycles. The van der Waals surface area contributed by atoms with Crippen molar-refractivity contribution in [1.82, 2.24) is 0 Å². The molecular weight excluding hydrogens is 307 g/mol. The normalized spacial score (nSPS) is 10.3. The second-order valence-electron chi connectivity index (χ2n) is 4.54. The minimum atomic E-state index is -0.234. The van der Waals surface area contributed by atoms with E-state index in [4.69, 9.17) is 0 Å². The first kappa shape index (κ1) is 13.9. The largest absolute Gasteiger partial charge is 0.381 e. The van der Waals surface area contributed by atoms with E-state index in [0.717, 1.165) is 16.9 Å². The smallest absolute Gasteiger partial charge is 0.137 e. The van der Waals surface area contributed by atoms with Gasteiger partial charge in [-0.15, -0.1) is 0 Å². The Morgan fingerprint density at radius 3 is 2.37 bits per heavy atom. The number of rotatable bonds is 4. The average molecular weight is 323 g/mol. The summed E-state index contributed by atoms with van der Waals surface area (Å²) in [6.45, 7) is 0.603. The lowest BCUT2D eigenvalue weighted by Gasteiger charge is -2.13. The first-order chi connectivity index (χ1) is 9.06. The van der Waals surface area contributed by atoms with Gasteiger partial charge in [-0.3, -0.25) is 0 Å². The van der Waals surface area contributed by atoms with Crippen LogP contribution in [0.2, 0.25) is 0 Å². The molecule has 0 radical (unpaired) electrons. The van der Waals surface area contributed by atoms with Crippen molar-refractivity contribution in [3.8, 4) is 0 Å². The predicted molar refractivity (Wildman–Crippen MR) is 82.2 cm³/mol. The number of nitrogens with one attached hydrogen (secondary N) is 1. The Kier molecular flexibility index (Phi) is 4.43. The quantitative estimate of drug-likeness (QED) is 0.904. The minimum Gasteiger partial charge on any atom is -0.381 e. The monoisotopic (exact) mass is 322 g/mol. The van der Waals surface area contributed by atoms with E-state index >= 15 is 0 Å². The highest BCUT2D eigenvalue weighted by Gasteiger charge is 2.01. The SMILES string of the molecule is CN(C)c1ccc(NCc2ccc(Br)c(F)c2)cc1. The first-order valence-electron chi connectivity index (χ1n) is 6.01. The molecule has 0 unspecified atom stereocenters. The molecule has 0 heterocycles. The van der Waals surface area contributed by atoms with Crippen LogP contribution < -0.4 is 10.2 Å². The summed E-state index contributed by atoms with van der Waals surface area (Å²) in [5.41, 5.74) is 3.09. The summed E-state index contributed by atoms with van der Waals surface area (Å²) in [7, 11) is 4.01. The summed E-state index contributed by atoms with van der Waals surface area (Å²) in [6.07, 6.45) is 0. The molecule has 0 bridgehead atoms.